The highest BCUT2D eigenvalue weighted by Gasteiger charge is 2.55. The number of nitrogens with zero attached hydrogens (tertiary/aromatic N) is 1. The zero-order valence-electron chi connectivity index (χ0n) is 14.0. The van der Waals surface area contributed by atoms with Crippen LogP contribution in [0.1, 0.15) is 25.7 Å². The van der Waals surface area contributed by atoms with Gasteiger partial charge in [0.15, 0.2) is 0 Å². The van der Waals surface area contributed by atoms with Crippen LogP contribution in [0.3, 0.4) is 0 Å². The fraction of sp³-hybridized carbons (Fsp3) is 0.500. The van der Waals surface area contributed by atoms with Crippen molar-refractivity contribution in [1.82, 2.24) is 10.2 Å². The molecule has 134 valence electrons. The lowest BCUT2D eigenvalue weighted by Gasteiger charge is -2.25. The van der Waals surface area contributed by atoms with Crippen molar-refractivity contribution < 1.29 is 19.1 Å². The zero-order valence-corrected chi connectivity index (χ0v) is 14.0. The second-order valence-electron chi connectivity index (χ2n) is 6.56. The Bertz CT molecular complexity index is 649. The third kappa shape index (κ3) is 4.29. The van der Waals surface area contributed by atoms with Crippen LogP contribution < -0.4 is 15.8 Å². The highest BCUT2D eigenvalue weighted by molar-refractivity contribution is 5.90. The summed E-state index contributed by atoms with van der Waals surface area (Å²) in [7, 11) is 0. The van der Waals surface area contributed by atoms with E-state index in [1.165, 1.54) is 0 Å². The molecule has 3 atom stereocenters. The molecule has 1 aliphatic heterocycles. The van der Waals surface area contributed by atoms with E-state index in [4.69, 9.17) is 10.5 Å². The molecule has 1 heterocycles. The summed E-state index contributed by atoms with van der Waals surface area (Å²) in [6.07, 6.45) is 2.43. The van der Waals surface area contributed by atoms with Crippen molar-refractivity contribution in [2.75, 3.05) is 13.2 Å². The van der Waals surface area contributed by atoms with Crippen molar-refractivity contribution >= 4 is 17.7 Å². The molecule has 1 saturated carbocycles. The molecule has 2 aliphatic rings. The summed E-state index contributed by atoms with van der Waals surface area (Å²) in [6, 6.07) is 8.99. The number of para-hydroxylation sites is 1. The molecule has 1 saturated heterocycles. The van der Waals surface area contributed by atoms with Crippen LogP contribution in [0.2, 0.25) is 0 Å². The lowest BCUT2D eigenvalue weighted by Crippen LogP contribution is -2.49. The van der Waals surface area contributed by atoms with Crippen LogP contribution in [0.15, 0.2) is 30.3 Å². The van der Waals surface area contributed by atoms with E-state index in [1.54, 1.807) is 4.90 Å². The standard InChI is InChI=1S/C18H23N3O4/c19-18(24)15-10-12-9-14(12)21(15)17(23)11-20-16(22)7-4-8-25-13-5-2-1-3-6-13/h1-3,5-6,12,14-15H,4,7-11H2,(H2,19,24)(H,20,22). The molecule has 1 aromatic carbocycles. The number of ether oxygens (including phenoxy) is 1. The molecule has 3 amide bonds. The minimum absolute atomic E-state index is 0.0919. The molecule has 3 unspecified atom stereocenters. The Morgan fingerprint density at radius 3 is 2.68 bits per heavy atom. The first kappa shape index (κ1) is 17.3. The monoisotopic (exact) mass is 345 g/mol. The third-order valence-corrected chi connectivity index (χ3v) is 4.72. The molecular formula is C18H23N3O4. The molecule has 0 spiro atoms. The van der Waals surface area contributed by atoms with Gasteiger partial charge in [-0.05, 0) is 37.3 Å². The number of rotatable bonds is 8. The van der Waals surface area contributed by atoms with Gasteiger partial charge in [0, 0.05) is 12.5 Å². The summed E-state index contributed by atoms with van der Waals surface area (Å²) >= 11 is 0. The van der Waals surface area contributed by atoms with Gasteiger partial charge < -0.3 is 20.7 Å². The maximum absolute atomic E-state index is 12.3. The number of fused-ring (bicyclic) bond motifs is 1. The first-order valence-electron chi connectivity index (χ1n) is 8.61. The molecule has 7 heteroatoms. The number of benzene rings is 1. The summed E-state index contributed by atoms with van der Waals surface area (Å²) < 4.78 is 5.52. The maximum Gasteiger partial charge on any atom is 0.242 e. The molecule has 0 bridgehead atoms. The normalized spacial score (nSPS) is 23.7. The Kier molecular flexibility index (Phi) is 5.21. The van der Waals surface area contributed by atoms with Gasteiger partial charge in [0.25, 0.3) is 0 Å². The van der Waals surface area contributed by atoms with Gasteiger partial charge in [-0.3, -0.25) is 14.4 Å². The highest BCUT2D eigenvalue weighted by atomic mass is 16.5. The van der Waals surface area contributed by atoms with Crippen molar-refractivity contribution in [3.63, 3.8) is 0 Å². The first-order valence-corrected chi connectivity index (χ1v) is 8.61. The second kappa shape index (κ2) is 7.55. The molecule has 1 aromatic rings. The van der Waals surface area contributed by atoms with Gasteiger partial charge in [0.1, 0.15) is 11.8 Å². The van der Waals surface area contributed by atoms with Crippen LogP contribution in [0.4, 0.5) is 0 Å². The van der Waals surface area contributed by atoms with Crippen molar-refractivity contribution in [1.29, 1.82) is 0 Å². The van der Waals surface area contributed by atoms with E-state index in [1.807, 2.05) is 30.3 Å². The SMILES string of the molecule is NC(=O)C1CC2CC2N1C(=O)CNC(=O)CCCOc1ccccc1. The number of amides is 3. The van der Waals surface area contributed by atoms with E-state index < -0.39 is 11.9 Å². The summed E-state index contributed by atoms with van der Waals surface area (Å²) in [5.41, 5.74) is 5.36. The van der Waals surface area contributed by atoms with Crippen LogP contribution in [0, 0.1) is 5.92 Å². The summed E-state index contributed by atoms with van der Waals surface area (Å²) in [5, 5.41) is 2.62. The minimum Gasteiger partial charge on any atom is -0.494 e. The fourth-order valence-electron chi connectivity index (χ4n) is 3.36. The van der Waals surface area contributed by atoms with Gasteiger partial charge in [-0.15, -0.1) is 0 Å². The van der Waals surface area contributed by atoms with Crippen molar-refractivity contribution in [3.05, 3.63) is 30.3 Å². The Morgan fingerprint density at radius 1 is 1.20 bits per heavy atom. The lowest BCUT2D eigenvalue weighted by atomic mass is 10.1. The van der Waals surface area contributed by atoms with E-state index in [0.29, 0.717) is 25.4 Å². The Morgan fingerprint density at radius 2 is 1.96 bits per heavy atom. The Hall–Kier alpha value is -2.57. The Labute approximate surface area is 146 Å². The van der Waals surface area contributed by atoms with E-state index in [2.05, 4.69) is 5.32 Å². The van der Waals surface area contributed by atoms with E-state index in [9.17, 15) is 14.4 Å². The number of nitrogens with two attached hydrogens (primary N) is 1. The summed E-state index contributed by atoms with van der Waals surface area (Å²) in [5.74, 6) is 0.260. The molecule has 25 heavy (non-hydrogen) atoms. The van der Waals surface area contributed by atoms with Crippen molar-refractivity contribution in [3.8, 4) is 5.75 Å². The van der Waals surface area contributed by atoms with Crippen molar-refractivity contribution in [2.24, 2.45) is 11.7 Å². The molecule has 7 nitrogen and oxygen atoms in total. The third-order valence-electron chi connectivity index (χ3n) is 4.72. The van der Waals surface area contributed by atoms with Gasteiger partial charge in [-0.2, -0.15) is 0 Å². The molecule has 0 radical (unpaired) electrons. The van der Waals surface area contributed by atoms with Gasteiger partial charge in [-0.1, -0.05) is 18.2 Å². The molecular weight excluding hydrogens is 322 g/mol. The van der Waals surface area contributed by atoms with Gasteiger partial charge in [-0.25, -0.2) is 0 Å². The van der Waals surface area contributed by atoms with Crippen LogP contribution >= 0.6 is 0 Å². The van der Waals surface area contributed by atoms with Crippen LogP contribution in [0.5, 0.6) is 5.75 Å². The highest BCUT2D eigenvalue weighted by Crippen LogP contribution is 2.47. The average molecular weight is 345 g/mol. The minimum atomic E-state index is -0.521. The molecule has 0 aromatic heterocycles. The van der Waals surface area contributed by atoms with Gasteiger partial charge in [0.05, 0.1) is 13.2 Å². The predicted octanol–water partition coefficient (Wildman–Crippen LogP) is 0.436. The van der Waals surface area contributed by atoms with Crippen LogP contribution in [0.25, 0.3) is 0 Å². The summed E-state index contributed by atoms with van der Waals surface area (Å²) in [6.45, 7) is 0.344. The lowest BCUT2D eigenvalue weighted by molar-refractivity contribution is -0.138. The number of primary amides is 1. The quantitative estimate of drug-likeness (QED) is 0.667. The average Bonchev–Trinajstić information content (AvgIpc) is 3.27. The second-order valence-corrected chi connectivity index (χ2v) is 6.56. The molecule has 3 N–H and O–H groups in total. The molecule has 1 aliphatic carbocycles. The topological polar surface area (TPSA) is 102 Å². The summed E-state index contributed by atoms with van der Waals surface area (Å²) in [4.78, 5) is 37.1. The van der Waals surface area contributed by atoms with E-state index in [0.717, 1.165) is 12.2 Å². The fourth-order valence-corrected chi connectivity index (χ4v) is 3.36. The van der Waals surface area contributed by atoms with Gasteiger partial charge >= 0.3 is 0 Å². The van der Waals surface area contributed by atoms with Gasteiger partial charge in [0.2, 0.25) is 17.7 Å². The van der Waals surface area contributed by atoms with Crippen LogP contribution in [-0.4, -0.2) is 47.9 Å². The number of piperidine rings is 1. The number of carbonyl (C=O) groups is 3. The number of nitrogens with one attached hydrogen (secondary N) is 1. The van der Waals surface area contributed by atoms with E-state index in [-0.39, 0.29) is 30.8 Å². The van der Waals surface area contributed by atoms with Crippen molar-refractivity contribution in [2.45, 2.75) is 37.8 Å². The maximum atomic E-state index is 12.3. The smallest absolute Gasteiger partial charge is 0.242 e. The predicted molar refractivity (Wildman–Crippen MR) is 90.5 cm³/mol. The van der Waals surface area contributed by atoms with Crippen LogP contribution in [-0.2, 0) is 14.4 Å². The molecule has 2 fully saturated rings. The number of hydrogen-bond donors (Lipinski definition) is 2. The first-order chi connectivity index (χ1) is 12.1. The zero-order chi connectivity index (χ0) is 17.8. The Balaban J connectivity index is 1.34. The largest absolute Gasteiger partial charge is 0.494 e. The number of hydrogen-bond acceptors (Lipinski definition) is 4. The molecule has 3 rings (SSSR count). The number of carbonyl (C=O) groups excluding carboxylic acids is 3. The van der Waals surface area contributed by atoms with E-state index >= 15 is 0 Å². The number of likely N-dealkylation sites (tertiary alicyclic amines) is 1.